The third-order valence-corrected chi connectivity index (χ3v) is 9.17. The third kappa shape index (κ3) is 6.34. The number of carbonyl (C=O) groups excluding carboxylic acids is 2. The van der Waals surface area contributed by atoms with E-state index in [1.165, 1.54) is 30.5 Å². The average molecular weight is 659 g/mol. The minimum Gasteiger partial charge on any atom is -0.478 e. The van der Waals surface area contributed by atoms with Crippen molar-refractivity contribution in [2.75, 3.05) is 25.1 Å². The van der Waals surface area contributed by atoms with Crippen LogP contribution in [0.2, 0.25) is 0 Å². The summed E-state index contributed by atoms with van der Waals surface area (Å²) in [7, 11) is 1.91. The molecular formula is C27H32N9O7S2+. The average Bonchev–Trinajstić information content (AvgIpc) is 3.62. The second-order valence-electron chi connectivity index (χ2n) is 10.8. The number of hydrogen-bond donors (Lipinski definition) is 5. The molecule has 16 nitrogen and oxygen atoms in total. The summed E-state index contributed by atoms with van der Waals surface area (Å²) in [5.74, 6) is -4.03. The number of thioether (sulfide) groups is 1. The van der Waals surface area contributed by atoms with E-state index >= 15 is 0 Å². The topological polar surface area (TPSA) is 218 Å². The number of aryl methyl sites for hydroxylation is 1. The molecule has 0 spiro atoms. The van der Waals surface area contributed by atoms with Gasteiger partial charge in [0.05, 0.1) is 0 Å². The van der Waals surface area contributed by atoms with Crippen LogP contribution in [0.4, 0.5) is 5.13 Å². The fraction of sp³-hybridized carbons (Fsp3) is 0.407. The molecule has 2 aliphatic rings. The smallest absolute Gasteiger partial charge is 0.352 e. The van der Waals surface area contributed by atoms with Crippen LogP contribution in [0, 0.1) is 0 Å². The van der Waals surface area contributed by atoms with Crippen LogP contribution in [0.15, 0.2) is 47.0 Å². The first-order valence-corrected chi connectivity index (χ1v) is 15.7. The lowest BCUT2D eigenvalue weighted by molar-refractivity contribution is -0.663. The zero-order valence-electron chi connectivity index (χ0n) is 24.6. The molecule has 45 heavy (non-hydrogen) atoms. The van der Waals surface area contributed by atoms with Crippen molar-refractivity contribution in [3.8, 4) is 0 Å². The van der Waals surface area contributed by atoms with Gasteiger partial charge in [-0.05, 0) is 39.9 Å². The van der Waals surface area contributed by atoms with Crippen molar-refractivity contribution >= 4 is 68.9 Å². The Balaban J connectivity index is 1.36. The molecule has 0 unspecified atom stereocenters. The maximum Gasteiger partial charge on any atom is 0.352 e. The molecular weight excluding hydrogens is 626 g/mol. The number of carbonyl (C=O) groups is 4. The number of nitrogens with two attached hydrogens (primary N) is 1. The van der Waals surface area contributed by atoms with Crippen molar-refractivity contribution in [2.45, 2.75) is 50.4 Å². The number of anilines is 1. The van der Waals surface area contributed by atoms with Crippen molar-refractivity contribution in [1.29, 1.82) is 0 Å². The fourth-order valence-corrected chi connectivity index (χ4v) is 6.68. The summed E-state index contributed by atoms with van der Waals surface area (Å²) in [6, 6.07) is 4.81. The zero-order valence-corrected chi connectivity index (χ0v) is 26.2. The fourth-order valence-electron chi connectivity index (χ4n) is 4.91. The number of hydrogen-bond acceptors (Lipinski definition) is 12. The lowest BCUT2D eigenvalue weighted by Crippen LogP contribution is -2.71. The van der Waals surface area contributed by atoms with E-state index in [0.717, 1.165) is 42.1 Å². The second kappa shape index (κ2) is 12.8. The van der Waals surface area contributed by atoms with E-state index in [-0.39, 0.29) is 23.2 Å². The summed E-state index contributed by atoms with van der Waals surface area (Å²) in [6.07, 6.45) is 4.82. The number of carboxylic acid groups (broad SMARTS) is 2. The molecule has 5 rings (SSSR count). The molecule has 3 aromatic rings. The van der Waals surface area contributed by atoms with Gasteiger partial charge in [-0.3, -0.25) is 14.5 Å². The summed E-state index contributed by atoms with van der Waals surface area (Å²) in [6.45, 7) is 4.43. The highest BCUT2D eigenvalue weighted by Gasteiger charge is 2.55. The second-order valence-corrected chi connectivity index (χ2v) is 12.7. The lowest BCUT2D eigenvalue weighted by atomic mass is 10.0. The van der Waals surface area contributed by atoms with Crippen LogP contribution < -0.4 is 20.9 Å². The van der Waals surface area contributed by atoms with Crippen molar-refractivity contribution in [3.63, 3.8) is 0 Å². The predicted molar refractivity (Wildman–Crippen MR) is 164 cm³/mol. The summed E-state index contributed by atoms with van der Waals surface area (Å²) in [5, 5.41) is 28.3. The molecule has 6 N–H and O–H groups in total. The summed E-state index contributed by atoms with van der Waals surface area (Å²) < 4.78 is 8.06. The van der Waals surface area contributed by atoms with Gasteiger partial charge >= 0.3 is 11.9 Å². The summed E-state index contributed by atoms with van der Waals surface area (Å²) >= 11 is 2.10. The van der Waals surface area contributed by atoms with Gasteiger partial charge in [0.25, 0.3) is 11.8 Å². The Labute approximate surface area is 265 Å². The maximum absolute atomic E-state index is 13.3. The number of pyridine rings is 1. The molecule has 0 aliphatic carbocycles. The van der Waals surface area contributed by atoms with Crippen LogP contribution in [-0.2, 0) is 37.1 Å². The van der Waals surface area contributed by atoms with Gasteiger partial charge in [-0.25, -0.2) is 9.59 Å². The van der Waals surface area contributed by atoms with Gasteiger partial charge < -0.3 is 36.0 Å². The van der Waals surface area contributed by atoms with E-state index in [0.29, 0.717) is 11.3 Å². The zero-order chi connectivity index (χ0) is 32.5. The molecule has 3 aromatic heterocycles. The largest absolute Gasteiger partial charge is 0.478 e. The third-order valence-electron chi connectivity index (χ3n) is 7.29. The number of carboxylic acids is 2. The molecule has 1 fully saturated rings. The number of nitrogens with zero attached hydrogens (tertiary/aromatic N) is 6. The number of aromatic nitrogens is 4. The molecule has 0 radical (unpaired) electrons. The quantitative estimate of drug-likeness (QED) is 0.0539. The Morgan fingerprint density at radius 1 is 1.29 bits per heavy atom. The van der Waals surface area contributed by atoms with Crippen LogP contribution in [-0.4, -0.2) is 94.9 Å². The van der Waals surface area contributed by atoms with Gasteiger partial charge in [0, 0.05) is 47.7 Å². The molecule has 0 bridgehead atoms. The van der Waals surface area contributed by atoms with Gasteiger partial charge in [-0.1, -0.05) is 5.16 Å². The van der Waals surface area contributed by atoms with Crippen molar-refractivity contribution in [1.82, 2.24) is 29.5 Å². The molecule has 1 saturated heterocycles. The highest BCUT2D eigenvalue weighted by atomic mass is 32.2. The summed E-state index contributed by atoms with van der Waals surface area (Å²) in [4.78, 5) is 60.8. The SMILES string of the molecule is CNCCCn1ccc2c1ccc[n+]2CC1=C(C(=O)O)N2C(=O)[C@@H](NC(=O)/C(=N\OC(C)(C)C(=O)O)c3nsc(N)n3)[C@H]2SC1. The van der Waals surface area contributed by atoms with Crippen LogP contribution in [0.25, 0.3) is 11.0 Å². The number of β-lactam (4-membered cyclic amide) rings is 1. The Hall–Kier alpha value is -4.55. The minimum absolute atomic E-state index is 0.0272. The van der Waals surface area contributed by atoms with Crippen molar-refractivity contribution < 1.29 is 38.8 Å². The maximum atomic E-state index is 13.3. The van der Waals surface area contributed by atoms with E-state index in [1.54, 1.807) is 0 Å². The Morgan fingerprint density at radius 2 is 2.07 bits per heavy atom. The molecule has 0 aromatic carbocycles. The number of oxime groups is 1. The molecule has 0 saturated carbocycles. The molecule has 2 amide bonds. The van der Waals surface area contributed by atoms with Crippen LogP contribution in [0.1, 0.15) is 26.1 Å². The number of nitrogen functional groups attached to an aromatic ring is 1. The van der Waals surface area contributed by atoms with E-state index in [4.69, 9.17) is 10.6 Å². The van der Waals surface area contributed by atoms with Gasteiger partial charge in [0.2, 0.25) is 22.7 Å². The van der Waals surface area contributed by atoms with E-state index in [1.807, 2.05) is 42.2 Å². The van der Waals surface area contributed by atoms with Gasteiger partial charge in [-0.15, -0.1) is 11.8 Å². The van der Waals surface area contributed by atoms with Crippen LogP contribution in [0.5, 0.6) is 0 Å². The molecule has 5 heterocycles. The van der Waals surface area contributed by atoms with E-state index < -0.39 is 46.5 Å². The first-order valence-electron chi connectivity index (χ1n) is 13.8. The van der Waals surface area contributed by atoms with Crippen LogP contribution >= 0.6 is 23.3 Å². The Bertz CT molecular complexity index is 1730. The van der Waals surface area contributed by atoms with E-state index in [2.05, 4.69) is 29.7 Å². The highest BCUT2D eigenvalue weighted by Crippen LogP contribution is 2.40. The number of aliphatic carboxylic acids is 2. The monoisotopic (exact) mass is 658 g/mol. The minimum atomic E-state index is -1.79. The molecule has 2 atom stereocenters. The first-order chi connectivity index (χ1) is 21.4. The van der Waals surface area contributed by atoms with E-state index in [9.17, 15) is 29.4 Å². The molecule has 238 valence electrons. The van der Waals surface area contributed by atoms with Crippen molar-refractivity contribution in [2.24, 2.45) is 5.16 Å². The Kier molecular flexibility index (Phi) is 9.08. The highest BCUT2D eigenvalue weighted by molar-refractivity contribution is 8.00. The number of rotatable bonds is 13. The van der Waals surface area contributed by atoms with Gasteiger partial charge in [0.15, 0.2) is 17.9 Å². The molecule has 2 aliphatic heterocycles. The standard InChI is InChI=1S/C27H31N9O7S2/c1-27(2,25(41)42)43-32-17(20-31-26(28)45-33-20)21(37)30-18-22(38)36-19(24(39)40)14(13-44-23(18)36)12-35-9-4-6-15-16(35)7-11-34(15)10-5-8-29-3/h4,6-7,9,11,18,23,29H,5,8,10,12-13H2,1-3H3,(H4-,28,30,31,33,37,39,40,41,42)/p+1/b32-17-/t18-,23-/m1/s1. The number of nitrogens with one attached hydrogen (secondary N) is 2. The summed E-state index contributed by atoms with van der Waals surface area (Å²) in [5.41, 5.74) is 5.76. The van der Waals surface area contributed by atoms with Crippen LogP contribution in [0.3, 0.4) is 0 Å². The van der Waals surface area contributed by atoms with Crippen molar-refractivity contribution in [3.05, 3.63) is 47.7 Å². The lowest BCUT2D eigenvalue weighted by Gasteiger charge is -2.49. The first kappa shape index (κ1) is 31.9. The van der Waals surface area contributed by atoms with Gasteiger partial charge in [-0.2, -0.15) is 13.9 Å². The number of fused-ring (bicyclic) bond motifs is 2. The Morgan fingerprint density at radius 3 is 2.73 bits per heavy atom. The normalized spacial score (nSPS) is 18.5. The number of amides is 2. The predicted octanol–water partition coefficient (Wildman–Crippen LogP) is -0.00530. The van der Waals surface area contributed by atoms with Gasteiger partial charge in [0.1, 0.15) is 22.6 Å². The molecule has 18 heteroatoms.